The molecule has 1 saturated heterocycles. The number of ether oxygens (including phenoxy) is 1. The van der Waals surface area contributed by atoms with Gasteiger partial charge in [-0.1, -0.05) is 23.3 Å². The maximum atomic E-state index is 11.8. The van der Waals surface area contributed by atoms with Crippen LogP contribution in [0.2, 0.25) is 0 Å². The van der Waals surface area contributed by atoms with Crippen molar-refractivity contribution < 1.29 is 13.9 Å². The Labute approximate surface area is 126 Å². The van der Waals surface area contributed by atoms with E-state index in [-0.39, 0.29) is 18.0 Å². The molecule has 1 aliphatic rings. The molecular formula is C14H15N3O3S. The van der Waals surface area contributed by atoms with Crippen LogP contribution in [0.15, 0.2) is 39.6 Å². The van der Waals surface area contributed by atoms with Gasteiger partial charge in [-0.2, -0.15) is 0 Å². The Hall–Kier alpha value is -1.86. The van der Waals surface area contributed by atoms with E-state index in [0.717, 1.165) is 17.7 Å². The highest BCUT2D eigenvalue weighted by Crippen LogP contribution is 2.28. The predicted octanol–water partition coefficient (Wildman–Crippen LogP) is 2.65. The Balaban J connectivity index is 1.50. The van der Waals surface area contributed by atoms with Crippen molar-refractivity contribution in [3.05, 3.63) is 36.2 Å². The molecule has 1 atom stereocenters. The molecule has 2 heterocycles. The first-order chi connectivity index (χ1) is 10.3. The Bertz CT molecular complexity index is 597. The summed E-state index contributed by atoms with van der Waals surface area (Å²) in [4.78, 5) is 12.9. The third kappa shape index (κ3) is 3.83. The van der Waals surface area contributed by atoms with Gasteiger partial charge < -0.3 is 9.15 Å². The van der Waals surface area contributed by atoms with Gasteiger partial charge in [-0.3, -0.25) is 10.1 Å². The highest BCUT2D eigenvalue weighted by Gasteiger charge is 2.23. The lowest BCUT2D eigenvalue weighted by Crippen LogP contribution is -2.14. The zero-order chi connectivity index (χ0) is 14.5. The van der Waals surface area contributed by atoms with Crippen LogP contribution in [-0.4, -0.2) is 28.5 Å². The number of hydrogen-bond acceptors (Lipinski definition) is 6. The highest BCUT2D eigenvalue weighted by atomic mass is 32.2. The summed E-state index contributed by atoms with van der Waals surface area (Å²) >= 11 is 1.45. The molecule has 1 amide bonds. The van der Waals surface area contributed by atoms with Crippen molar-refractivity contribution in [1.29, 1.82) is 0 Å². The van der Waals surface area contributed by atoms with Gasteiger partial charge in [-0.05, 0) is 25.0 Å². The van der Waals surface area contributed by atoms with Gasteiger partial charge in [0.25, 0.3) is 0 Å². The summed E-state index contributed by atoms with van der Waals surface area (Å²) in [6.07, 6.45) is 1.73. The molecule has 2 aromatic rings. The number of nitrogens with zero attached hydrogens (tertiary/aromatic N) is 2. The van der Waals surface area contributed by atoms with E-state index in [9.17, 15) is 4.79 Å². The first kappa shape index (κ1) is 14.1. The normalized spacial score (nSPS) is 17.8. The fourth-order valence-corrected chi connectivity index (χ4v) is 2.73. The molecule has 0 radical (unpaired) electrons. The number of amides is 1. The fraction of sp³-hybridized carbons (Fsp3) is 0.357. The van der Waals surface area contributed by atoms with E-state index in [4.69, 9.17) is 9.15 Å². The standard InChI is InChI=1S/C14H15N3O3S/c18-12(9-21-10-5-2-1-3-6-10)15-14-17-16-13(20-14)11-7-4-8-19-11/h1-3,5-6,11H,4,7-9H2,(H,15,17,18). The quantitative estimate of drug-likeness (QED) is 0.856. The summed E-state index contributed by atoms with van der Waals surface area (Å²) in [5.41, 5.74) is 0. The van der Waals surface area contributed by atoms with Crippen LogP contribution in [0.1, 0.15) is 24.8 Å². The van der Waals surface area contributed by atoms with Gasteiger partial charge in [0.05, 0.1) is 5.75 Å². The molecule has 110 valence electrons. The molecule has 0 saturated carbocycles. The number of aromatic nitrogens is 2. The van der Waals surface area contributed by atoms with Gasteiger partial charge in [0, 0.05) is 11.5 Å². The molecule has 0 bridgehead atoms. The third-order valence-electron chi connectivity index (χ3n) is 3.01. The number of thioether (sulfide) groups is 1. The number of carbonyl (C=O) groups excluding carboxylic acids is 1. The molecule has 0 aliphatic carbocycles. The van der Waals surface area contributed by atoms with Crippen molar-refractivity contribution in [2.24, 2.45) is 0 Å². The van der Waals surface area contributed by atoms with E-state index in [1.165, 1.54) is 11.8 Å². The maximum Gasteiger partial charge on any atom is 0.322 e. The molecule has 21 heavy (non-hydrogen) atoms. The molecule has 3 rings (SSSR count). The molecule has 1 N–H and O–H groups in total. The van der Waals surface area contributed by atoms with Crippen molar-refractivity contribution in [3.8, 4) is 0 Å². The van der Waals surface area contributed by atoms with E-state index in [1.54, 1.807) is 0 Å². The zero-order valence-corrected chi connectivity index (χ0v) is 12.1. The van der Waals surface area contributed by atoms with Crippen molar-refractivity contribution in [3.63, 3.8) is 0 Å². The Kier molecular flexibility index (Phi) is 4.52. The second-order valence-corrected chi connectivity index (χ2v) is 5.65. The van der Waals surface area contributed by atoms with Crippen molar-refractivity contribution in [2.45, 2.75) is 23.8 Å². The minimum Gasteiger partial charge on any atom is -0.405 e. The number of nitrogens with one attached hydrogen (secondary N) is 1. The van der Waals surface area contributed by atoms with E-state index >= 15 is 0 Å². The average molecular weight is 305 g/mol. The van der Waals surface area contributed by atoms with Gasteiger partial charge in [0.15, 0.2) is 0 Å². The fourth-order valence-electron chi connectivity index (χ4n) is 2.01. The molecule has 0 spiro atoms. The van der Waals surface area contributed by atoms with E-state index in [2.05, 4.69) is 15.5 Å². The van der Waals surface area contributed by atoms with Gasteiger partial charge in [0.2, 0.25) is 11.8 Å². The highest BCUT2D eigenvalue weighted by molar-refractivity contribution is 8.00. The summed E-state index contributed by atoms with van der Waals surface area (Å²) in [5, 5.41) is 10.3. The molecule has 7 heteroatoms. The molecule has 1 aliphatic heterocycles. The van der Waals surface area contributed by atoms with Crippen LogP contribution in [0.3, 0.4) is 0 Å². The average Bonchev–Trinajstić information content (AvgIpc) is 3.17. The minimum atomic E-state index is -0.175. The second kappa shape index (κ2) is 6.73. The number of anilines is 1. The SMILES string of the molecule is O=C(CSc1ccccc1)Nc1nnc(C2CCCO2)o1. The van der Waals surface area contributed by atoms with Crippen LogP contribution in [0.4, 0.5) is 6.01 Å². The monoisotopic (exact) mass is 305 g/mol. The first-order valence-corrected chi connectivity index (χ1v) is 7.72. The first-order valence-electron chi connectivity index (χ1n) is 6.74. The molecule has 6 nitrogen and oxygen atoms in total. The number of carbonyl (C=O) groups is 1. The van der Waals surface area contributed by atoms with Crippen LogP contribution in [-0.2, 0) is 9.53 Å². The summed E-state index contributed by atoms with van der Waals surface area (Å²) in [6.45, 7) is 0.711. The molecular weight excluding hydrogens is 290 g/mol. The Morgan fingerprint density at radius 2 is 2.19 bits per heavy atom. The van der Waals surface area contributed by atoms with Gasteiger partial charge in [-0.25, -0.2) is 0 Å². The van der Waals surface area contributed by atoms with Crippen LogP contribution in [0.25, 0.3) is 0 Å². The summed E-state index contributed by atoms with van der Waals surface area (Å²) < 4.78 is 10.9. The lowest BCUT2D eigenvalue weighted by atomic mass is 10.2. The summed E-state index contributed by atoms with van der Waals surface area (Å²) in [5.74, 6) is 0.548. The number of hydrogen-bond donors (Lipinski definition) is 1. The van der Waals surface area contributed by atoms with E-state index < -0.39 is 0 Å². The van der Waals surface area contributed by atoms with Crippen LogP contribution in [0, 0.1) is 0 Å². The molecule has 1 aromatic carbocycles. The maximum absolute atomic E-state index is 11.8. The van der Waals surface area contributed by atoms with E-state index in [0.29, 0.717) is 18.3 Å². The zero-order valence-electron chi connectivity index (χ0n) is 11.3. The van der Waals surface area contributed by atoms with Crippen LogP contribution >= 0.6 is 11.8 Å². The minimum absolute atomic E-state index is 0.124. The summed E-state index contributed by atoms with van der Waals surface area (Å²) in [6, 6.07) is 9.85. The van der Waals surface area contributed by atoms with Gasteiger partial charge in [0.1, 0.15) is 6.10 Å². The van der Waals surface area contributed by atoms with Gasteiger partial charge >= 0.3 is 6.01 Å². The van der Waals surface area contributed by atoms with Gasteiger partial charge in [-0.15, -0.1) is 16.9 Å². The number of rotatable bonds is 5. The third-order valence-corrected chi connectivity index (χ3v) is 4.02. The lowest BCUT2D eigenvalue weighted by molar-refractivity contribution is -0.113. The van der Waals surface area contributed by atoms with Crippen LogP contribution < -0.4 is 5.32 Å². The topological polar surface area (TPSA) is 77.2 Å². The smallest absolute Gasteiger partial charge is 0.322 e. The van der Waals surface area contributed by atoms with Crippen molar-refractivity contribution in [2.75, 3.05) is 17.7 Å². The molecule has 1 aromatic heterocycles. The van der Waals surface area contributed by atoms with E-state index in [1.807, 2.05) is 30.3 Å². The largest absolute Gasteiger partial charge is 0.405 e. The molecule has 1 unspecified atom stereocenters. The Morgan fingerprint density at radius 1 is 1.33 bits per heavy atom. The molecule has 1 fully saturated rings. The predicted molar refractivity (Wildman–Crippen MR) is 78.0 cm³/mol. The second-order valence-electron chi connectivity index (χ2n) is 4.60. The number of benzene rings is 1. The Morgan fingerprint density at radius 3 is 2.95 bits per heavy atom. The lowest BCUT2D eigenvalue weighted by Gasteiger charge is -2.02. The van der Waals surface area contributed by atoms with Crippen LogP contribution in [0.5, 0.6) is 0 Å². The van der Waals surface area contributed by atoms with Crippen molar-refractivity contribution in [1.82, 2.24) is 10.2 Å². The summed E-state index contributed by atoms with van der Waals surface area (Å²) in [7, 11) is 0. The van der Waals surface area contributed by atoms with Crippen molar-refractivity contribution >= 4 is 23.7 Å².